The molecule has 1 aromatic heterocycles. The molecule has 0 bridgehead atoms. The smallest absolute Gasteiger partial charge is 0.254 e. The van der Waals surface area contributed by atoms with Crippen LogP contribution >= 0.6 is 11.8 Å². The molecule has 1 saturated carbocycles. The average Bonchev–Trinajstić information content (AvgIpc) is 3.44. The fourth-order valence-corrected chi connectivity index (χ4v) is 5.96. The number of halogens is 1. The van der Waals surface area contributed by atoms with Gasteiger partial charge in [0.1, 0.15) is 5.82 Å². The minimum atomic E-state index is -3.51. The SMILES string of the molecule is O=c1[nH]c(SCc2ccc(-c3ccc(S(=O)(=O)NC4CC4)cc3)cc2F)nc2c1CCC2. The fraction of sp³-hybridized carbons (Fsp3) is 0.304. The van der Waals surface area contributed by atoms with Crippen LogP contribution in [0.3, 0.4) is 0 Å². The average molecular weight is 472 g/mol. The standard InChI is InChI=1S/C23H22FN3O3S2/c24-20-12-15(14-6-10-18(11-7-14)32(29,30)27-17-8-9-17)4-5-16(20)13-31-23-25-21-3-1-2-19(21)22(28)26-23/h4-7,10-12,17,27H,1-3,8-9,13H2,(H,25,26,28). The second kappa shape index (κ2) is 8.46. The van der Waals surface area contributed by atoms with Crippen molar-refractivity contribution in [1.82, 2.24) is 14.7 Å². The zero-order chi connectivity index (χ0) is 22.3. The van der Waals surface area contributed by atoms with Crippen LogP contribution in [0, 0.1) is 5.82 Å². The Balaban J connectivity index is 1.29. The van der Waals surface area contributed by atoms with Gasteiger partial charge in [0.2, 0.25) is 10.0 Å². The molecular formula is C23H22FN3O3S2. The molecule has 2 aromatic carbocycles. The first kappa shape index (κ1) is 21.4. The lowest BCUT2D eigenvalue weighted by Gasteiger charge is -2.09. The van der Waals surface area contributed by atoms with Gasteiger partial charge in [-0.3, -0.25) is 4.79 Å². The minimum absolute atomic E-state index is 0.0454. The zero-order valence-electron chi connectivity index (χ0n) is 17.2. The Labute approximate surface area is 189 Å². The van der Waals surface area contributed by atoms with Crippen LogP contribution in [0.5, 0.6) is 0 Å². The first-order valence-electron chi connectivity index (χ1n) is 10.5. The summed E-state index contributed by atoms with van der Waals surface area (Å²) in [6.45, 7) is 0. The molecule has 3 aromatic rings. The maximum Gasteiger partial charge on any atom is 0.254 e. The van der Waals surface area contributed by atoms with E-state index in [2.05, 4.69) is 14.7 Å². The summed E-state index contributed by atoms with van der Waals surface area (Å²) in [5.74, 6) is -0.0108. The summed E-state index contributed by atoms with van der Waals surface area (Å²) < 4.78 is 42.0. The number of thioether (sulfide) groups is 1. The van der Waals surface area contributed by atoms with Gasteiger partial charge in [0.15, 0.2) is 5.16 Å². The Hall–Kier alpha value is -2.49. The molecule has 1 heterocycles. The zero-order valence-corrected chi connectivity index (χ0v) is 18.9. The van der Waals surface area contributed by atoms with E-state index in [0.29, 0.717) is 22.0 Å². The number of rotatable bonds is 7. The van der Waals surface area contributed by atoms with E-state index >= 15 is 0 Å². The molecule has 0 unspecified atom stereocenters. The van der Waals surface area contributed by atoms with Gasteiger partial charge in [-0.25, -0.2) is 22.5 Å². The van der Waals surface area contributed by atoms with Crippen molar-refractivity contribution in [2.24, 2.45) is 0 Å². The summed E-state index contributed by atoms with van der Waals surface area (Å²) in [6, 6.07) is 11.5. The molecule has 166 valence electrons. The molecule has 5 rings (SSSR count). The van der Waals surface area contributed by atoms with Crippen molar-refractivity contribution < 1.29 is 12.8 Å². The number of H-pyrrole nitrogens is 1. The highest BCUT2D eigenvalue weighted by Gasteiger charge is 2.27. The molecule has 0 aliphatic heterocycles. The Morgan fingerprint density at radius 2 is 1.84 bits per heavy atom. The molecule has 2 aliphatic carbocycles. The van der Waals surface area contributed by atoms with Gasteiger partial charge in [-0.15, -0.1) is 0 Å². The predicted molar refractivity (Wildman–Crippen MR) is 122 cm³/mol. The number of hydrogen-bond donors (Lipinski definition) is 2. The first-order chi connectivity index (χ1) is 15.4. The lowest BCUT2D eigenvalue weighted by atomic mass is 10.0. The van der Waals surface area contributed by atoms with Crippen LogP contribution in [0.4, 0.5) is 4.39 Å². The lowest BCUT2D eigenvalue weighted by molar-refractivity contribution is 0.581. The Morgan fingerprint density at radius 3 is 2.56 bits per heavy atom. The van der Waals surface area contributed by atoms with Crippen molar-refractivity contribution in [3.63, 3.8) is 0 Å². The van der Waals surface area contributed by atoms with Crippen LogP contribution in [0.1, 0.15) is 36.1 Å². The van der Waals surface area contributed by atoms with Gasteiger partial charge < -0.3 is 4.98 Å². The topological polar surface area (TPSA) is 91.9 Å². The van der Waals surface area contributed by atoms with Gasteiger partial charge in [-0.05, 0) is 67.0 Å². The first-order valence-corrected chi connectivity index (χ1v) is 13.0. The predicted octanol–water partition coefficient (Wildman–Crippen LogP) is 3.80. The van der Waals surface area contributed by atoms with Crippen molar-refractivity contribution in [2.75, 3.05) is 0 Å². The van der Waals surface area contributed by atoms with Crippen molar-refractivity contribution in [2.45, 2.75) is 54.0 Å². The number of nitrogens with one attached hydrogen (secondary N) is 2. The van der Waals surface area contributed by atoms with Gasteiger partial charge in [-0.1, -0.05) is 36.0 Å². The Kier molecular flexibility index (Phi) is 5.65. The van der Waals surface area contributed by atoms with Crippen LogP contribution < -0.4 is 10.3 Å². The highest BCUT2D eigenvalue weighted by atomic mass is 32.2. The monoisotopic (exact) mass is 471 g/mol. The maximum absolute atomic E-state index is 14.7. The van der Waals surface area contributed by atoms with Gasteiger partial charge in [-0.2, -0.15) is 0 Å². The summed E-state index contributed by atoms with van der Waals surface area (Å²) in [5, 5.41) is 0.510. The van der Waals surface area contributed by atoms with Crippen molar-refractivity contribution in [3.05, 3.63) is 75.5 Å². The largest absolute Gasteiger partial charge is 0.301 e. The summed E-state index contributed by atoms with van der Waals surface area (Å²) in [4.78, 5) is 19.6. The van der Waals surface area contributed by atoms with Crippen LogP contribution in [-0.4, -0.2) is 24.4 Å². The molecular weight excluding hydrogens is 449 g/mol. The minimum Gasteiger partial charge on any atom is -0.301 e. The number of aromatic nitrogens is 2. The van der Waals surface area contributed by atoms with E-state index in [1.807, 2.05) is 6.07 Å². The Morgan fingerprint density at radius 1 is 1.09 bits per heavy atom. The lowest BCUT2D eigenvalue weighted by Crippen LogP contribution is -2.25. The molecule has 9 heteroatoms. The molecule has 2 N–H and O–H groups in total. The van der Waals surface area contributed by atoms with Gasteiger partial charge in [0.05, 0.1) is 10.6 Å². The van der Waals surface area contributed by atoms with Crippen LogP contribution in [-0.2, 0) is 28.6 Å². The highest BCUT2D eigenvalue weighted by molar-refractivity contribution is 7.98. The highest BCUT2D eigenvalue weighted by Crippen LogP contribution is 2.28. The van der Waals surface area contributed by atoms with Gasteiger partial charge in [0.25, 0.3) is 5.56 Å². The number of fused-ring (bicyclic) bond motifs is 1. The Bertz CT molecular complexity index is 1330. The second-order valence-corrected chi connectivity index (χ2v) is 10.8. The molecule has 0 atom stereocenters. The third kappa shape index (κ3) is 4.51. The molecule has 32 heavy (non-hydrogen) atoms. The van der Waals surface area contributed by atoms with Crippen molar-refractivity contribution in [3.8, 4) is 11.1 Å². The molecule has 0 radical (unpaired) electrons. The van der Waals surface area contributed by atoms with E-state index < -0.39 is 10.0 Å². The van der Waals surface area contributed by atoms with Crippen molar-refractivity contribution in [1.29, 1.82) is 0 Å². The number of aromatic amines is 1. The molecule has 2 aliphatic rings. The maximum atomic E-state index is 14.7. The van der Waals surface area contributed by atoms with Crippen LogP contribution in [0.2, 0.25) is 0 Å². The van der Waals surface area contributed by atoms with Crippen molar-refractivity contribution >= 4 is 21.8 Å². The summed E-state index contributed by atoms with van der Waals surface area (Å²) in [7, 11) is -3.51. The summed E-state index contributed by atoms with van der Waals surface area (Å²) in [5.41, 5.74) is 3.44. The third-order valence-electron chi connectivity index (χ3n) is 5.73. The number of benzene rings is 2. The number of nitrogens with zero attached hydrogens (tertiary/aromatic N) is 1. The van der Waals surface area contributed by atoms with E-state index in [4.69, 9.17) is 0 Å². The second-order valence-electron chi connectivity index (χ2n) is 8.16. The van der Waals surface area contributed by atoms with Gasteiger partial charge in [0, 0.05) is 17.4 Å². The third-order valence-corrected chi connectivity index (χ3v) is 8.19. The summed E-state index contributed by atoms with van der Waals surface area (Å²) in [6.07, 6.45) is 4.27. The van der Waals surface area contributed by atoms with Crippen LogP contribution in [0.15, 0.2) is 57.3 Å². The molecule has 0 spiro atoms. The van der Waals surface area contributed by atoms with E-state index in [0.717, 1.165) is 48.9 Å². The van der Waals surface area contributed by atoms with E-state index in [1.165, 1.54) is 30.0 Å². The number of sulfonamides is 1. The number of hydrogen-bond acceptors (Lipinski definition) is 5. The van der Waals surface area contributed by atoms with Gasteiger partial charge >= 0.3 is 0 Å². The normalized spacial score (nSPS) is 15.7. The fourth-order valence-electron chi connectivity index (χ4n) is 3.79. The molecule has 0 saturated heterocycles. The summed E-state index contributed by atoms with van der Waals surface area (Å²) >= 11 is 1.30. The molecule has 0 amide bonds. The van der Waals surface area contributed by atoms with Crippen LogP contribution in [0.25, 0.3) is 11.1 Å². The quantitative estimate of drug-likeness (QED) is 0.404. The number of aryl methyl sites for hydroxylation is 1. The van der Waals surface area contributed by atoms with E-state index in [1.54, 1.807) is 18.2 Å². The van der Waals surface area contributed by atoms with E-state index in [9.17, 15) is 17.6 Å². The van der Waals surface area contributed by atoms with E-state index in [-0.39, 0.29) is 22.3 Å². The molecule has 1 fully saturated rings. The molecule has 6 nitrogen and oxygen atoms in total.